The van der Waals surface area contributed by atoms with E-state index < -0.39 is 33.1 Å². The summed E-state index contributed by atoms with van der Waals surface area (Å²) in [5.74, 6) is 0.666. The Bertz CT molecular complexity index is 1930. The third kappa shape index (κ3) is 8.51. The zero-order chi connectivity index (χ0) is 35.7. The average molecular weight is 743 g/mol. The molecule has 1 aliphatic rings. The molecule has 0 radical (unpaired) electrons. The molecular weight excluding hydrogens is 705 g/mol. The van der Waals surface area contributed by atoms with Crippen molar-refractivity contribution in [1.29, 1.82) is 0 Å². The number of carbonyl (C=O) groups is 1. The van der Waals surface area contributed by atoms with Crippen molar-refractivity contribution in [2.45, 2.75) is 35.9 Å². The molecule has 0 saturated heterocycles. The van der Waals surface area contributed by atoms with Crippen molar-refractivity contribution in [3.05, 3.63) is 118 Å². The minimum Gasteiger partial charge on any atom is -0.494 e. The van der Waals surface area contributed by atoms with Gasteiger partial charge >= 0.3 is 0 Å². The van der Waals surface area contributed by atoms with Gasteiger partial charge in [-0.3, -0.25) is 10.2 Å². The Kier molecular flexibility index (Phi) is 12.3. The lowest BCUT2D eigenvalue weighted by atomic mass is 9.85. The summed E-state index contributed by atoms with van der Waals surface area (Å²) in [5.41, 5.74) is 5.57. The Labute approximate surface area is 301 Å². The number of aliphatic hydroxyl groups excluding tert-OH is 1. The van der Waals surface area contributed by atoms with E-state index in [9.17, 15) is 13.2 Å². The second-order valence-electron chi connectivity index (χ2n) is 11.3. The van der Waals surface area contributed by atoms with Crippen LogP contribution >= 0.6 is 23.2 Å². The van der Waals surface area contributed by atoms with Gasteiger partial charge in [0.05, 0.1) is 31.5 Å². The number of benzene rings is 4. The molecular formula is C36H37Cl2N3O8S. The zero-order valence-electron chi connectivity index (χ0n) is 27.4. The van der Waals surface area contributed by atoms with E-state index in [2.05, 4.69) is 10.9 Å². The molecule has 0 fully saturated rings. The van der Waals surface area contributed by atoms with Crippen LogP contribution in [0.4, 0.5) is 0 Å². The molecule has 0 bridgehead atoms. The summed E-state index contributed by atoms with van der Waals surface area (Å²) >= 11 is 12.9. The number of rotatable bonds is 16. The van der Waals surface area contributed by atoms with Gasteiger partial charge in [-0.15, -0.1) is 0 Å². The fourth-order valence-corrected chi connectivity index (χ4v) is 7.32. The van der Waals surface area contributed by atoms with Crippen LogP contribution in [0.15, 0.2) is 101 Å². The van der Waals surface area contributed by atoms with Gasteiger partial charge in [-0.2, -0.15) is 0 Å². The van der Waals surface area contributed by atoms with E-state index in [-0.39, 0.29) is 35.4 Å². The van der Waals surface area contributed by atoms with Crippen LogP contribution in [0.2, 0.25) is 10.0 Å². The zero-order valence-corrected chi connectivity index (χ0v) is 29.7. The first-order valence-corrected chi connectivity index (χ1v) is 18.1. The number of carbonyl (C=O) groups excluding carboxylic acids is 1. The average Bonchev–Trinajstić information content (AvgIpc) is 3.52. The molecule has 1 aliphatic heterocycles. The molecule has 14 heteroatoms. The van der Waals surface area contributed by atoms with E-state index in [4.69, 9.17) is 52.2 Å². The predicted octanol–water partition coefficient (Wildman–Crippen LogP) is 5.71. The van der Waals surface area contributed by atoms with Crippen LogP contribution in [-0.2, 0) is 25.9 Å². The van der Waals surface area contributed by atoms with Crippen molar-refractivity contribution >= 4 is 44.8 Å². The molecule has 4 aromatic carbocycles. The van der Waals surface area contributed by atoms with Crippen LogP contribution in [0, 0.1) is 0 Å². The number of hydrogen-bond donors (Lipinski definition) is 3. The maximum Gasteiger partial charge on any atom is 0.266 e. The smallest absolute Gasteiger partial charge is 0.266 e. The standard InChI is InChI=1S/C36H37Cl2N3O8S/c1-46-31-16-9-24(21-32(31)47-2)23-39-41-35(43)36(17-20-50(44,45)28-7-4-3-5-8-28)33(29-15-12-26(37)22-30(29)38)49-34(40-36)25-10-13-27(14-11-25)48-19-6-18-42/h3-5,7-16,21-22,33,39,42H,6,17-20,23H2,1-2H3,(H,41,43)/t33-,36-/m0/s1. The van der Waals surface area contributed by atoms with Crippen LogP contribution < -0.4 is 25.1 Å². The number of nitrogens with zero attached hydrogens (tertiary/aromatic N) is 1. The van der Waals surface area contributed by atoms with E-state index in [0.717, 1.165) is 5.56 Å². The molecule has 0 aliphatic carbocycles. The van der Waals surface area contributed by atoms with Crippen LogP contribution in [-0.4, -0.2) is 64.1 Å². The number of halogens is 2. The molecule has 0 saturated carbocycles. The molecule has 50 heavy (non-hydrogen) atoms. The van der Waals surface area contributed by atoms with Gasteiger partial charge in [0.2, 0.25) is 5.90 Å². The fraction of sp³-hybridized carbons (Fsp3) is 0.278. The second-order valence-corrected chi connectivity index (χ2v) is 14.3. The first-order chi connectivity index (χ1) is 24.1. The SMILES string of the molecule is COc1ccc(CNNC(=O)[C@@]2(CCS(=O)(=O)c3ccccc3)N=C(c3ccc(OCCCO)cc3)O[C@H]2c2ccc(Cl)cc2Cl)cc1OC. The van der Waals surface area contributed by atoms with E-state index in [0.29, 0.717) is 46.4 Å². The van der Waals surface area contributed by atoms with Crippen molar-refractivity contribution < 1.29 is 37.3 Å². The van der Waals surface area contributed by atoms with Gasteiger partial charge in [-0.25, -0.2) is 18.8 Å². The number of nitrogens with one attached hydrogen (secondary N) is 2. The van der Waals surface area contributed by atoms with Gasteiger partial charge in [0.25, 0.3) is 5.91 Å². The van der Waals surface area contributed by atoms with Crippen LogP contribution in [0.5, 0.6) is 17.2 Å². The normalized spacial score (nSPS) is 17.1. The number of amides is 1. The Balaban J connectivity index is 1.52. The molecule has 0 spiro atoms. The molecule has 11 nitrogen and oxygen atoms in total. The quantitative estimate of drug-likeness (QED) is 0.0971. The lowest BCUT2D eigenvalue weighted by molar-refractivity contribution is -0.130. The van der Waals surface area contributed by atoms with E-state index in [1.165, 1.54) is 32.4 Å². The first kappa shape index (κ1) is 36.9. The van der Waals surface area contributed by atoms with Crippen molar-refractivity contribution in [3.63, 3.8) is 0 Å². The van der Waals surface area contributed by atoms with Gasteiger partial charge in [-0.05, 0) is 66.2 Å². The Hall–Kier alpha value is -4.33. The van der Waals surface area contributed by atoms with E-state index in [1.807, 2.05) is 6.07 Å². The summed E-state index contributed by atoms with van der Waals surface area (Å²) in [6.45, 7) is 0.524. The number of hydrazine groups is 1. The van der Waals surface area contributed by atoms with Gasteiger partial charge in [0.1, 0.15) is 5.75 Å². The molecule has 1 amide bonds. The van der Waals surface area contributed by atoms with Crippen molar-refractivity contribution in [2.75, 3.05) is 33.2 Å². The van der Waals surface area contributed by atoms with Crippen molar-refractivity contribution in [1.82, 2.24) is 10.9 Å². The topological polar surface area (TPSA) is 145 Å². The summed E-state index contributed by atoms with van der Waals surface area (Å²) in [5, 5.41) is 9.66. The summed E-state index contributed by atoms with van der Waals surface area (Å²) in [7, 11) is -0.792. The van der Waals surface area contributed by atoms with Crippen LogP contribution in [0.1, 0.15) is 35.6 Å². The fourth-order valence-electron chi connectivity index (χ4n) is 5.42. The first-order valence-electron chi connectivity index (χ1n) is 15.7. The van der Waals surface area contributed by atoms with Crippen LogP contribution in [0.25, 0.3) is 0 Å². The van der Waals surface area contributed by atoms with Crippen molar-refractivity contribution in [2.24, 2.45) is 4.99 Å². The lowest BCUT2D eigenvalue weighted by Crippen LogP contribution is -2.53. The minimum absolute atomic E-state index is 0.00462. The third-order valence-corrected chi connectivity index (χ3v) is 10.4. The number of hydrogen-bond acceptors (Lipinski definition) is 10. The minimum atomic E-state index is -3.86. The Morgan fingerprint density at radius 1 is 0.960 bits per heavy atom. The molecule has 3 N–H and O–H groups in total. The number of aliphatic imine (C=N–C) groups is 1. The second kappa shape index (κ2) is 16.6. The van der Waals surface area contributed by atoms with Crippen LogP contribution in [0.3, 0.4) is 0 Å². The summed E-state index contributed by atoms with van der Waals surface area (Å²) in [6, 6.07) is 25.0. The maximum atomic E-state index is 14.5. The number of methoxy groups -OCH3 is 2. The highest BCUT2D eigenvalue weighted by atomic mass is 35.5. The third-order valence-electron chi connectivity index (χ3n) is 8.07. The molecule has 1 heterocycles. The monoisotopic (exact) mass is 741 g/mol. The van der Waals surface area contributed by atoms with Gasteiger partial charge < -0.3 is 24.1 Å². The molecule has 0 aromatic heterocycles. The molecule has 5 rings (SSSR count). The Morgan fingerprint density at radius 2 is 1.70 bits per heavy atom. The van der Waals surface area contributed by atoms with Gasteiger partial charge in [0, 0.05) is 47.2 Å². The number of ether oxygens (including phenoxy) is 4. The molecule has 4 aromatic rings. The molecule has 264 valence electrons. The number of sulfone groups is 1. The Morgan fingerprint density at radius 3 is 2.38 bits per heavy atom. The summed E-state index contributed by atoms with van der Waals surface area (Å²) < 4.78 is 50.0. The molecule has 0 unspecified atom stereocenters. The molecule has 2 atom stereocenters. The lowest BCUT2D eigenvalue weighted by Gasteiger charge is -2.31. The van der Waals surface area contributed by atoms with E-state index in [1.54, 1.807) is 66.7 Å². The van der Waals surface area contributed by atoms with E-state index >= 15 is 0 Å². The van der Waals surface area contributed by atoms with Crippen molar-refractivity contribution in [3.8, 4) is 17.2 Å². The summed E-state index contributed by atoms with van der Waals surface area (Å²) in [6.07, 6.45) is -0.926. The highest BCUT2D eigenvalue weighted by Crippen LogP contribution is 2.45. The summed E-state index contributed by atoms with van der Waals surface area (Å²) in [4.78, 5) is 19.4. The van der Waals surface area contributed by atoms with Gasteiger partial charge in [0.15, 0.2) is 33.0 Å². The maximum absolute atomic E-state index is 14.5. The van der Waals surface area contributed by atoms with Gasteiger partial charge in [-0.1, -0.05) is 53.5 Å². The number of aliphatic hydroxyl groups is 1. The highest BCUT2D eigenvalue weighted by molar-refractivity contribution is 7.91. The predicted molar refractivity (Wildman–Crippen MR) is 191 cm³/mol. The largest absolute Gasteiger partial charge is 0.494 e. The highest BCUT2D eigenvalue weighted by Gasteiger charge is 2.54.